The quantitative estimate of drug-likeness (QED) is 0.682. The van der Waals surface area contributed by atoms with Crippen LogP contribution in [0.5, 0.6) is 0 Å². The lowest BCUT2D eigenvalue weighted by atomic mass is 10.1. The predicted molar refractivity (Wildman–Crippen MR) is 103 cm³/mol. The smallest absolute Gasteiger partial charge is 0.261 e. The van der Waals surface area contributed by atoms with Crippen molar-refractivity contribution in [2.24, 2.45) is 5.73 Å². The maximum atomic E-state index is 12.5. The van der Waals surface area contributed by atoms with E-state index in [4.69, 9.17) is 5.73 Å². The molecule has 0 bridgehead atoms. The number of primary amides is 1. The van der Waals surface area contributed by atoms with Crippen LogP contribution in [0, 0.1) is 0 Å². The largest absolute Gasteiger partial charge is 0.369 e. The Hall–Kier alpha value is -3.41. The van der Waals surface area contributed by atoms with Crippen LogP contribution in [-0.2, 0) is 17.6 Å². The highest BCUT2D eigenvalue weighted by molar-refractivity contribution is 6.21. The first-order valence-corrected chi connectivity index (χ1v) is 8.37. The number of nitrogens with two attached hydrogens (primary N) is 1. The first-order chi connectivity index (χ1) is 12.5. The van der Waals surface area contributed by atoms with Crippen LogP contribution in [0.4, 0.5) is 0 Å². The molecule has 6 nitrogen and oxygen atoms in total. The highest BCUT2D eigenvalue weighted by Crippen LogP contribution is 2.25. The number of fused-ring (bicyclic) bond motifs is 2. The molecule has 3 amide bonds. The molecule has 0 saturated carbocycles. The molecule has 1 aliphatic heterocycles. The number of hydrogen-bond acceptors (Lipinski definition) is 3. The summed E-state index contributed by atoms with van der Waals surface area (Å²) in [6, 6.07) is 12.6. The summed E-state index contributed by atoms with van der Waals surface area (Å²) in [6.07, 6.45) is 2.58. The molecule has 2 aromatic carbocycles. The first-order valence-electron chi connectivity index (χ1n) is 8.37. The Bertz CT molecular complexity index is 1020. The van der Waals surface area contributed by atoms with E-state index < -0.39 is 0 Å². The van der Waals surface area contributed by atoms with E-state index in [2.05, 4.69) is 4.98 Å². The van der Waals surface area contributed by atoms with Crippen LogP contribution in [-0.4, -0.2) is 34.2 Å². The van der Waals surface area contributed by atoms with E-state index in [1.54, 1.807) is 24.3 Å². The normalized spacial score (nSPS) is 13.0. The van der Waals surface area contributed by atoms with Gasteiger partial charge in [0.25, 0.3) is 11.8 Å². The lowest BCUT2D eigenvalue weighted by Crippen LogP contribution is -2.31. The molecule has 0 atom stereocenters. The van der Waals surface area contributed by atoms with Crippen molar-refractivity contribution in [2.75, 3.05) is 6.54 Å². The van der Waals surface area contributed by atoms with Crippen molar-refractivity contribution in [1.82, 2.24) is 9.88 Å². The van der Waals surface area contributed by atoms with Crippen LogP contribution in [0.1, 0.15) is 39.3 Å². The van der Waals surface area contributed by atoms with Gasteiger partial charge in [-0.1, -0.05) is 25.6 Å². The number of imide groups is 1. The Morgan fingerprint density at radius 3 is 2.33 bits per heavy atom. The van der Waals surface area contributed by atoms with Crippen LogP contribution < -0.4 is 5.73 Å². The number of carbonyl (C=O) groups is 3. The number of amides is 3. The van der Waals surface area contributed by atoms with Crippen LogP contribution in [0.15, 0.2) is 48.7 Å². The molecule has 0 aliphatic carbocycles. The van der Waals surface area contributed by atoms with Gasteiger partial charge in [-0.3, -0.25) is 19.3 Å². The second-order valence-electron chi connectivity index (χ2n) is 6.39. The minimum atomic E-state index is -0.382. The van der Waals surface area contributed by atoms with E-state index in [9.17, 15) is 14.4 Å². The molecular weight excluding hydrogens is 342 g/mol. The molecule has 138 valence electrons. The predicted octanol–water partition coefficient (Wildman–Crippen LogP) is 2.67. The molecular formula is C21H21N3O3. The standard InChI is InChI=1S/C20H17N3O3.CH4/c21-18(24)10-12-5-6-17-16(9-12)13(11-22-17)7-8-23-19(25)14-3-1-2-4-15(14)20(23)26;/h1-6,9,11,22H,7-8,10H2,(H2,21,24);1H4. The lowest BCUT2D eigenvalue weighted by Gasteiger charge is -2.13. The highest BCUT2D eigenvalue weighted by atomic mass is 16.2. The number of nitrogens with zero attached hydrogens (tertiary/aromatic N) is 1. The van der Waals surface area contributed by atoms with Crippen molar-refractivity contribution < 1.29 is 14.4 Å². The van der Waals surface area contributed by atoms with E-state index in [1.165, 1.54) is 4.90 Å². The van der Waals surface area contributed by atoms with Crippen molar-refractivity contribution in [3.05, 3.63) is 70.9 Å². The summed E-state index contributed by atoms with van der Waals surface area (Å²) in [7, 11) is 0. The maximum Gasteiger partial charge on any atom is 0.261 e. The third kappa shape index (κ3) is 3.21. The zero-order valence-corrected chi connectivity index (χ0v) is 14.0. The Labute approximate surface area is 157 Å². The summed E-state index contributed by atoms with van der Waals surface area (Å²) in [5.41, 5.74) is 8.95. The fourth-order valence-corrected chi connectivity index (χ4v) is 3.42. The van der Waals surface area contributed by atoms with Crippen molar-refractivity contribution >= 4 is 28.6 Å². The number of benzene rings is 2. The number of rotatable bonds is 5. The van der Waals surface area contributed by atoms with Gasteiger partial charge in [0.15, 0.2) is 0 Å². The molecule has 2 heterocycles. The Morgan fingerprint density at radius 2 is 1.70 bits per heavy atom. The molecule has 4 rings (SSSR count). The summed E-state index contributed by atoms with van der Waals surface area (Å²) < 4.78 is 0. The van der Waals surface area contributed by atoms with Gasteiger partial charge < -0.3 is 10.7 Å². The van der Waals surface area contributed by atoms with Gasteiger partial charge in [-0.25, -0.2) is 0 Å². The second kappa shape index (κ2) is 7.07. The van der Waals surface area contributed by atoms with E-state index in [0.29, 0.717) is 24.1 Å². The van der Waals surface area contributed by atoms with Gasteiger partial charge in [0, 0.05) is 23.6 Å². The van der Waals surface area contributed by atoms with E-state index >= 15 is 0 Å². The summed E-state index contributed by atoms with van der Waals surface area (Å²) in [6.45, 7) is 0.305. The minimum absolute atomic E-state index is 0. The van der Waals surface area contributed by atoms with Gasteiger partial charge >= 0.3 is 0 Å². The molecule has 0 saturated heterocycles. The molecule has 0 unspecified atom stereocenters. The Morgan fingerprint density at radius 1 is 1.04 bits per heavy atom. The summed E-state index contributed by atoms with van der Waals surface area (Å²) >= 11 is 0. The summed E-state index contributed by atoms with van der Waals surface area (Å²) in [5, 5.41) is 0.973. The maximum absolute atomic E-state index is 12.5. The number of carbonyl (C=O) groups excluding carboxylic acids is 3. The third-order valence-electron chi connectivity index (χ3n) is 4.69. The van der Waals surface area contributed by atoms with Crippen LogP contribution in [0.2, 0.25) is 0 Å². The summed E-state index contributed by atoms with van der Waals surface area (Å²) in [4.78, 5) is 40.5. The van der Waals surface area contributed by atoms with Gasteiger partial charge in [-0.05, 0) is 41.8 Å². The molecule has 3 N–H and O–H groups in total. The van der Waals surface area contributed by atoms with Gasteiger partial charge in [0.1, 0.15) is 0 Å². The minimum Gasteiger partial charge on any atom is -0.369 e. The monoisotopic (exact) mass is 363 g/mol. The van der Waals surface area contributed by atoms with Gasteiger partial charge in [0.05, 0.1) is 17.5 Å². The molecule has 1 aliphatic rings. The average molecular weight is 363 g/mol. The van der Waals surface area contributed by atoms with Crippen LogP contribution >= 0.6 is 0 Å². The van der Waals surface area contributed by atoms with E-state index in [-0.39, 0.29) is 31.6 Å². The Balaban J connectivity index is 0.00000210. The molecule has 1 aromatic heterocycles. The SMILES string of the molecule is C.NC(=O)Cc1ccc2[nH]cc(CCN3C(=O)c4ccccc4C3=O)c2c1. The van der Waals surface area contributed by atoms with Crippen molar-refractivity contribution in [1.29, 1.82) is 0 Å². The highest BCUT2D eigenvalue weighted by Gasteiger charge is 2.34. The van der Waals surface area contributed by atoms with E-state index in [1.807, 2.05) is 24.4 Å². The van der Waals surface area contributed by atoms with Crippen molar-refractivity contribution in [2.45, 2.75) is 20.3 Å². The lowest BCUT2D eigenvalue weighted by molar-refractivity contribution is -0.117. The number of hydrogen-bond donors (Lipinski definition) is 2. The molecule has 0 radical (unpaired) electrons. The van der Waals surface area contributed by atoms with Crippen LogP contribution in [0.3, 0.4) is 0 Å². The zero-order chi connectivity index (χ0) is 18.3. The van der Waals surface area contributed by atoms with Crippen molar-refractivity contribution in [3.8, 4) is 0 Å². The molecule has 6 heteroatoms. The number of aromatic amines is 1. The number of H-pyrrole nitrogens is 1. The summed E-state index contributed by atoms with van der Waals surface area (Å²) in [5.74, 6) is -0.882. The third-order valence-corrected chi connectivity index (χ3v) is 4.69. The number of nitrogens with one attached hydrogen (secondary N) is 1. The van der Waals surface area contributed by atoms with Crippen LogP contribution in [0.25, 0.3) is 10.9 Å². The topological polar surface area (TPSA) is 96.3 Å². The molecule has 3 aromatic rings. The average Bonchev–Trinajstić information content (AvgIpc) is 3.13. The van der Waals surface area contributed by atoms with E-state index in [0.717, 1.165) is 22.0 Å². The molecule has 27 heavy (non-hydrogen) atoms. The number of aromatic nitrogens is 1. The van der Waals surface area contributed by atoms with Crippen molar-refractivity contribution in [3.63, 3.8) is 0 Å². The van der Waals surface area contributed by atoms with Gasteiger partial charge in [-0.2, -0.15) is 0 Å². The first kappa shape index (κ1) is 18.4. The molecule has 0 spiro atoms. The van der Waals surface area contributed by atoms with Gasteiger partial charge in [-0.15, -0.1) is 0 Å². The fourth-order valence-electron chi connectivity index (χ4n) is 3.42. The fraction of sp³-hybridized carbons (Fsp3) is 0.190. The zero-order valence-electron chi connectivity index (χ0n) is 14.0. The second-order valence-corrected chi connectivity index (χ2v) is 6.39. The molecule has 0 fully saturated rings. The Kier molecular flexibility index (Phi) is 4.81. The van der Waals surface area contributed by atoms with Gasteiger partial charge in [0.2, 0.25) is 5.91 Å².